The van der Waals surface area contributed by atoms with Crippen LogP contribution in [0.15, 0.2) is 18.2 Å². The number of benzene rings is 1. The second-order valence-corrected chi connectivity index (χ2v) is 7.17. The van der Waals surface area contributed by atoms with Crippen molar-refractivity contribution in [1.82, 2.24) is 10.2 Å². The summed E-state index contributed by atoms with van der Waals surface area (Å²) in [6.07, 6.45) is 3.49. The Morgan fingerprint density at radius 2 is 2.17 bits per heavy atom. The summed E-state index contributed by atoms with van der Waals surface area (Å²) in [6, 6.07) is 6.35. The van der Waals surface area contributed by atoms with Gasteiger partial charge in [-0.15, -0.1) is 0 Å². The molecule has 3 rings (SSSR count). The number of aliphatic hydroxyl groups excluding tert-OH is 1. The minimum atomic E-state index is -0.598. The second-order valence-electron chi connectivity index (χ2n) is 7.17. The molecule has 1 heterocycles. The lowest BCUT2D eigenvalue weighted by Crippen LogP contribution is -2.47. The predicted molar refractivity (Wildman–Crippen MR) is 93.2 cm³/mol. The molecule has 2 aliphatic rings. The van der Waals surface area contributed by atoms with Gasteiger partial charge in [-0.1, -0.05) is 12.1 Å². The van der Waals surface area contributed by atoms with Gasteiger partial charge in [0, 0.05) is 12.6 Å². The molecule has 2 N–H and O–H groups in total. The summed E-state index contributed by atoms with van der Waals surface area (Å²) in [4.78, 5) is 14.4. The van der Waals surface area contributed by atoms with E-state index in [-0.39, 0.29) is 18.6 Å². The number of amides is 1. The van der Waals surface area contributed by atoms with E-state index in [1.54, 1.807) is 0 Å². The third-order valence-corrected chi connectivity index (χ3v) is 4.81. The van der Waals surface area contributed by atoms with Gasteiger partial charge in [-0.05, 0) is 63.3 Å². The lowest BCUT2D eigenvalue weighted by Gasteiger charge is -2.26. The largest absolute Gasteiger partial charge is 0.491 e. The van der Waals surface area contributed by atoms with Crippen LogP contribution in [0.3, 0.4) is 0 Å². The van der Waals surface area contributed by atoms with E-state index in [2.05, 4.69) is 10.2 Å². The van der Waals surface area contributed by atoms with E-state index < -0.39 is 6.10 Å². The van der Waals surface area contributed by atoms with Crippen molar-refractivity contribution in [1.29, 1.82) is 0 Å². The first-order valence-corrected chi connectivity index (χ1v) is 8.95. The number of carbonyl (C=O) groups excluding carboxylic acids is 1. The quantitative estimate of drug-likeness (QED) is 0.799. The number of likely N-dealkylation sites (tertiary alicyclic amines) is 1. The molecule has 132 valence electrons. The highest BCUT2D eigenvalue weighted by atomic mass is 16.5. The minimum Gasteiger partial charge on any atom is -0.491 e. The standard InChI is InChI=1S/C19H28N2O3/c1-13-5-6-14(2)18(10-13)24-12-16(22)11-21-9-3-4-17(21)19(23)20-15-7-8-15/h5-6,10,15-17,22H,3-4,7-9,11-12H2,1-2H3,(H,20,23). The Kier molecular flexibility index (Phi) is 5.41. The van der Waals surface area contributed by atoms with Gasteiger partial charge >= 0.3 is 0 Å². The van der Waals surface area contributed by atoms with Crippen LogP contribution in [0, 0.1) is 13.8 Å². The van der Waals surface area contributed by atoms with Gasteiger partial charge in [0.25, 0.3) is 0 Å². The SMILES string of the molecule is Cc1ccc(C)c(OCC(O)CN2CCCC2C(=O)NC2CC2)c1. The lowest BCUT2D eigenvalue weighted by molar-refractivity contribution is -0.126. The molecule has 0 bridgehead atoms. The summed E-state index contributed by atoms with van der Waals surface area (Å²) in [6.45, 7) is 5.62. The Balaban J connectivity index is 1.49. The Hall–Kier alpha value is -1.59. The molecule has 5 heteroatoms. The lowest BCUT2D eigenvalue weighted by atomic mass is 10.1. The maximum Gasteiger partial charge on any atom is 0.237 e. The van der Waals surface area contributed by atoms with E-state index in [1.165, 1.54) is 0 Å². The molecule has 1 saturated heterocycles. The fourth-order valence-electron chi connectivity index (χ4n) is 3.24. The molecular formula is C19H28N2O3. The van der Waals surface area contributed by atoms with E-state index in [0.29, 0.717) is 12.6 Å². The maximum atomic E-state index is 12.3. The van der Waals surface area contributed by atoms with E-state index in [9.17, 15) is 9.90 Å². The highest BCUT2D eigenvalue weighted by Crippen LogP contribution is 2.23. The van der Waals surface area contributed by atoms with Gasteiger partial charge < -0.3 is 15.2 Å². The van der Waals surface area contributed by atoms with Crippen molar-refractivity contribution >= 4 is 5.91 Å². The van der Waals surface area contributed by atoms with Crippen molar-refractivity contribution in [2.75, 3.05) is 19.7 Å². The number of nitrogens with one attached hydrogen (secondary N) is 1. The summed E-state index contributed by atoms with van der Waals surface area (Å²) in [5, 5.41) is 13.4. The molecule has 2 fully saturated rings. The molecule has 2 atom stereocenters. The predicted octanol–water partition coefficient (Wildman–Crippen LogP) is 1.79. The van der Waals surface area contributed by atoms with Gasteiger partial charge in [-0.2, -0.15) is 0 Å². The van der Waals surface area contributed by atoms with Crippen LogP contribution in [0.1, 0.15) is 36.8 Å². The number of aliphatic hydroxyl groups is 1. The molecule has 1 aromatic carbocycles. The average Bonchev–Trinajstić information content (AvgIpc) is 3.24. The number of β-amino-alcohol motifs (C(OH)–C–C–N with tert-alkyl or cyclic N) is 1. The summed E-state index contributed by atoms with van der Waals surface area (Å²) in [5.41, 5.74) is 2.21. The van der Waals surface area contributed by atoms with Crippen molar-refractivity contribution in [2.45, 2.75) is 57.7 Å². The van der Waals surface area contributed by atoms with Gasteiger partial charge in [0.05, 0.1) is 6.04 Å². The van der Waals surface area contributed by atoms with Crippen molar-refractivity contribution in [3.05, 3.63) is 29.3 Å². The van der Waals surface area contributed by atoms with Gasteiger partial charge in [0.1, 0.15) is 18.5 Å². The van der Waals surface area contributed by atoms with E-state index in [4.69, 9.17) is 4.74 Å². The number of rotatable bonds is 7. The summed E-state index contributed by atoms with van der Waals surface area (Å²) >= 11 is 0. The number of aryl methyl sites for hydroxylation is 2. The van der Waals surface area contributed by atoms with Gasteiger partial charge in [0.2, 0.25) is 5.91 Å². The molecule has 0 radical (unpaired) electrons. The van der Waals surface area contributed by atoms with Crippen LogP contribution in [0.5, 0.6) is 5.75 Å². The van der Waals surface area contributed by atoms with Crippen molar-refractivity contribution in [3.63, 3.8) is 0 Å². The van der Waals surface area contributed by atoms with Crippen LogP contribution >= 0.6 is 0 Å². The fraction of sp³-hybridized carbons (Fsp3) is 0.632. The van der Waals surface area contributed by atoms with Crippen molar-refractivity contribution in [2.24, 2.45) is 0 Å². The first-order valence-electron chi connectivity index (χ1n) is 8.95. The number of ether oxygens (including phenoxy) is 1. The molecule has 0 aromatic heterocycles. The first-order chi connectivity index (χ1) is 11.5. The second kappa shape index (κ2) is 7.53. The highest BCUT2D eigenvalue weighted by molar-refractivity contribution is 5.82. The summed E-state index contributed by atoms with van der Waals surface area (Å²) in [5.74, 6) is 0.941. The summed E-state index contributed by atoms with van der Waals surface area (Å²) in [7, 11) is 0. The van der Waals surface area contributed by atoms with E-state index in [1.807, 2.05) is 32.0 Å². The minimum absolute atomic E-state index is 0.0963. The van der Waals surface area contributed by atoms with Gasteiger partial charge in [0.15, 0.2) is 0 Å². The first kappa shape index (κ1) is 17.2. The fourth-order valence-corrected chi connectivity index (χ4v) is 3.24. The normalized spacial score (nSPS) is 22.4. The molecule has 1 aliphatic carbocycles. The Labute approximate surface area is 144 Å². The van der Waals surface area contributed by atoms with Crippen LogP contribution in [-0.4, -0.2) is 53.8 Å². The zero-order chi connectivity index (χ0) is 17.1. The van der Waals surface area contributed by atoms with Crippen molar-refractivity contribution in [3.8, 4) is 5.75 Å². The molecule has 24 heavy (non-hydrogen) atoms. The maximum absolute atomic E-state index is 12.3. The molecule has 0 spiro atoms. The smallest absolute Gasteiger partial charge is 0.237 e. The molecular weight excluding hydrogens is 304 g/mol. The monoisotopic (exact) mass is 332 g/mol. The highest BCUT2D eigenvalue weighted by Gasteiger charge is 2.34. The number of nitrogens with zero attached hydrogens (tertiary/aromatic N) is 1. The zero-order valence-electron chi connectivity index (χ0n) is 14.6. The van der Waals surface area contributed by atoms with Crippen LogP contribution in [0.4, 0.5) is 0 Å². The van der Waals surface area contributed by atoms with Gasteiger partial charge in [-0.3, -0.25) is 9.69 Å². The Bertz CT molecular complexity index is 586. The molecule has 5 nitrogen and oxygen atoms in total. The molecule has 1 saturated carbocycles. The number of hydrogen-bond donors (Lipinski definition) is 2. The topological polar surface area (TPSA) is 61.8 Å². The van der Waals surface area contributed by atoms with Crippen LogP contribution in [-0.2, 0) is 4.79 Å². The van der Waals surface area contributed by atoms with E-state index >= 15 is 0 Å². The van der Waals surface area contributed by atoms with Crippen LogP contribution in [0.25, 0.3) is 0 Å². The van der Waals surface area contributed by atoms with E-state index in [0.717, 1.165) is 49.1 Å². The molecule has 1 amide bonds. The number of hydrogen-bond acceptors (Lipinski definition) is 4. The molecule has 2 unspecified atom stereocenters. The molecule has 1 aromatic rings. The third kappa shape index (κ3) is 4.48. The van der Waals surface area contributed by atoms with Crippen LogP contribution < -0.4 is 10.1 Å². The summed E-state index contributed by atoms with van der Waals surface area (Å²) < 4.78 is 5.78. The average molecular weight is 332 g/mol. The Morgan fingerprint density at radius 1 is 1.38 bits per heavy atom. The van der Waals surface area contributed by atoms with Crippen molar-refractivity contribution < 1.29 is 14.6 Å². The third-order valence-electron chi connectivity index (χ3n) is 4.81. The van der Waals surface area contributed by atoms with Crippen LogP contribution in [0.2, 0.25) is 0 Å². The molecule has 1 aliphatic heterocycles. The van der Waals surface area contributed by atoms with Gasteiger partial charge in [-0.25, -0.2) is 0 Å². The number of carbonyl (C=O) groups is 1. The Morgan fingerprint density at radius 3 is 2.92 bits per heavy atom. The zero-order valence-corrected chi connectivity index (χ0v) is 14.6.